The van der Waals surface area contributed by atoms with Gasteiger partial charge in [0, 0.05) is 12.1 Å². The molecule has 0 aromatic heterocycles. The summed E-state index contributed by atoms with van der Waals surface area (Å²) < 4.78 is 0. The van der Waals surface area contributed by atoms with Crippen LogP contribution >= 0.6 is 0 Å². The smallest absolute Gasteiger partial charge is 0.0282 e. The van der Waals surface area contributed by atoms with E-state index in [4.69, 9.17) is 5.73 Å². The quantitative estimate of drug-likeness (QED) is 0.741. The Bertz CT molecular complexity index is 367. The minimum Gasteiger partial charge on any atom is -0.324 e. The van der Waals surface area contributed by atoms with Crippen LogP contribution in [0.1, 0.15) is 29.5 Å². The van der Waals surface area contributed by atoms with Crippen molar-refractivity contribution in [2.24, 2.45) is 5.73 Å². The van der Waals surface area contributed by atoms with Crippen LogP contribution in [-0.4, -0.2) is 18.6 Å². The summed E-state index contributed by atoms with van der Waals surface area (Å²) in [5.41, 5.74) is 10.3. The molecule has 0 amide bonds. The van der Waals surface area contributed by atoms with Crippen molar-refractivity contribution in [2.75, 3.05) is 13.1 Å². The topological polar surface area (TPSA) is 38.0 Å². The van der Waals surface area contributed by atoms with Crippen LogP contribution in [0.15, 0.2) is 18.2 Å². The Kier molecular flexibility index (Phi) is 3.31. The molecule has 1 fully saturated rings. The van der Waals surface area contributed by atoms with Crippen molar-refractivity contribution in [3.8, 4) is 0 Å². The SMILES string of the molecule is Cc1ccc(CCNCC2(N)CC2)c(C)c1. The van der Waals surface area contributed by atoms with E-state index in [1.165, 1.54) is 29.5 Å². The first-order chi connectivity index (χ1) is 7.59. The second kappa shape index (κ2) is 4.56. The lowest BCUT2D eigenvalue weighted by molar-refractivity contribution is 0.570. The molecule has 0 saturated heterocycles. The fourth-order valence-corrected chi connectivity index (χ4v) is 2.02. The van der Waals surface area contributed by atoms with E-state index in [0.29, 0.717) is 0 Å². The van der Waals surface area contributed by atoms with Crippen LogP contribution in [0, 0.1) is 13.8 Å². The fraction of sp³-hybridized carbons (Fsp3) is 0.571. The second-order valence-corrected chi connectivity index (χ2v) is 5.22. The van der Waals surface area contributed by atoms with Crippen molar-refractivity contribution < 1.29 is 0 Å². The number of aryl methyl sites for hydroxylation is 2. The molecule has 0 bridgehead atoms. The maximum absolute atomic E-state index is 6.01. The van der Waals surface area contributed by atoms with E-state index in [2.05, 4.69) is 37.4 Å². The van der Waals surface area contributed by atoms with Gasteiger partial charge < -0.3 is 11.1 Å². The van der Waals surface area contributed by atoms with Gasteiger partial charge in [-0.25, -0.2) is 0 Å². The lowest BCUT2D eigenvalue weighted by Gasteiger charge is -2.11. The van der Waals surface area contributed by atoms with Gasteiger partial charge in [0.1, 0.15) is 0 Å². The summed E-state index contributed by atoms with van der Waals surface area (Å²) in [6.45, 7) is 6.33. The molecule has 0 aliphatic heterocycles. The third-order valence-corrected chi connectivity index (χ3v) is 3.44. The van der Waals surface area contributed by atoms with Crippen LogP contribution in [0.3, 0.4) is 0 Å². The monoisotopic (exact) mass is 218 g/mol. The molecule has 0 heterocycles. The molecule has 0 spiro atoms. The predicted molar refractivity (Wildman–Crippen MR) is 68.6 cm³/mol. The number of hydrogen-bond donors (Lipinski definition) is 2. The van der Waals surface area contributed by atoms with Crippen molar-refractivity contribution in [1.82, 2.24) is 5.32 Å². The molecule has 2 heteroatoms. The summed E-state index contributed by atoms with van der Waals surface area (Å²) in [6.07, 6.45) is 3.47. The number of benzene rings is 1. The Balaban J connectivity index is 1.76. The van der Waals surface area contributed by atoms with Gasteiger partial charge in [-0.3, -0.25) is 0 Å². The molecular weight excluding hydrogens is 196 g/mol. The van der Waals surface area contributed by atoms with E-state index in [1.54, 1.807) is 0 Å². The lowest BCUT2D eigenvalue weighted by atomic mass is 10.0. The molecular formula is C14H22N2. The Morgan fingerprint density at radius 2 is 2.06 bits per heavy atom. The normalized spacial score (nSPS) is 17.4. The van der Waals surface area contributed by atoms with E-state index < -0.39 is 0 Å². The Hall–Kier alpha value is -0.860. The maximum atomic E-state index is 6.01. The third-order valence-electron chi connectivity index (χ3n) is 3.44. The number of hydrogen-bond acceptors (Lipinski definition) is 2. The van der Waals surface area contributed by atoms with E-state index in [9.17, 15) is 0 Å². The van der Waals surface area contributed by atoms with E-state index in [0.717, 1.165) is 19.5 Å². The second-order valence-electron chi connectivity index (χ2n) is 5.22. The standard InChI is InChI=1S/C14H22N2/c1-11-3-4-13(12(2)9-11)5-8-16-10-14(15)6-7-14/h3-4,9,16H,5-8,10,15H2,1-2H3. The molecule has 3 N–H and O–H groups in total. The molecule has 1 aromatic rings. The summed E-state index contributed by atoms with van der Waals surface area (Å²) in [6, 6.07) is 6.68. The molecule has 1 aliphatic rings. The van der Waals surface area contributed by atoms with Crippen molar-refractivity contribution >= 4 is 0 Å². The molecule has 1 saturated carbocycles. The highest BCUT2D eigenvalue weighted by atomic mass is 15.0. The Morgan fingerprint density at radius 3 is 2.69 bits per heavy atom. The molecule has 2 nitrogen and oxygen atoms in total. The average Bonchev–Trinajstić information content (AvgIpc) is 2.94. The molecule has 2 rings (SSSR count). The molecule has 88 valence electrons. The first kappa shape index (κ1) is 11.6. The van der Waals surface area contributed by atoms with Crippen molar-refractivity contribution in [3.63, 3.8) is 0 Å². The van der Waals surface area contributed by atoms with Crippen LogP contribution < -0.4 is 11.1 Å². The van der Waals surface area contributed by atoms with Crippen LogP contribution in [0.4, 0.5) is 0 Å². The first-order valence-corrected chi connectivity index (χ1v) is 6.15. The fourth-order valence-electron chi connectivity index (χ4n) is 2.02. The zero-order valence-corrected chi connectivity index (χ0v) is 10.3. The summed E-state index contributed by atoms with van der Waals surface area (Å²) in [4.78, 5) is 0. The van der Waals surface area contributed by atoms with Crippen LogP contribution in [0.2, 0.25) is 0 Å². The van der Waals surface area contributed by atoms with Gasteiger partial charge in [0.2, 0.25) is 0 Å². The third kappa shape index (κ3) is 3.06. The minimum absolute atomic E-state index is 0.127. The van der Waals surface area contributed by atoms with Gasteiger partial charge in [-0.05, 0) is 50.8 Å². The lowest BCUT2D eigenvalue weighted by Crippen LogP contribution is -2.36. The van der Waals surface area contributed by atoms with Gasteiger partial charge in [0.15, 0.2) is 0 Å². The molecule has 16 heavy (non-hydrogen) atoms. The van der Waals surface area contributed by atoms with E-state index in [-0.39, 0.29) is 5.54 Å². The molecule has 0 atom stereocenters. The van der Waals surface area contributed by atoms with Gasteiger partial charge >= 0.3 is 0 Å². The predicted octanol–water partition coefficient (Wildman–Crippen LogP) is 1.93. The summed E-state index contributed by atoms with van der Waals surface area (Å²) in [5, 5.41) is 3.45. The van der Waals surface area contributed by atoms with Crippen molar-refractivity contribution in [2.45, 2.75) is 38.6 Å². The van der Waals surface area contributed by atoms with Crippen LogP contribution in [-0.2, 0) is 6.42 Å². The van der Waals surface area contributed by atoms with Crippen molar-refractivity contribution in [1.29, 1.82) is 0 Å². The highest BCUT2D eigenvalue weighted by molar-refractivity contribution is 5.30. The van der Waals surface area contributed by atoms with E-state index >= 15 is 0 Å². The zero-order chi connectivity index (χ0) is 11.6. The summed E-state index contributed by atoms with van der Waals surface area (Å²) in [5.74, 6) is 0. The van der Waals surface area contributed by atoms with Crippen LogP contribution in [0.5, 0.6) is 0 Å². The molecule has 1 aliphatic carbocycles. The van der Waals surface area contributed by atoms with Gasteiger partial charge in [-0.1, -0.05) is 23.8 Å². The highest BCUT2D eigenvalue weighted by Gasteiger charge is 2.37. The van der Waals surface area contributed by atoms with Crippen molar-refractivity contribution in [3.05, 3.63) is 34.9 Å². The maximum Gasteiger partial charge on any atom is 0.0282 e. The van der Waals surface area contributed by atoms with Crippen LogP contribution in [0.25, 0.3) is 0 Å². The first-order valence-electron chi connectivity index (χ1n) is 6.15. The summed E-state index contributed by atoms with van der Waals surface area (Å²) in [7, 11) is 0. The van der Waals surface area contributed by atoms with Gasteiger partial charge in [0.05, 0.1) is 0 Å². The van der Waals surface area contributed by atoms with Gasteiger partial charge in [-0.15, -0.1) is 0 Å². The number of nitrogens with two attached hydrogens (primary N) is 1. The number of rotatable bonds is 5. The minimum atomic E-state index is 0.127. The van der Waals surface area contributed by atoms with E-state index in [1.807, 2.05) is 0 Å². The Labute approximate surface area is 98.2 Å². The molecule has 0 unspecified atom stereocenters. The van der Waals surface area contributed by atoms with Gasteiger partial charge in [-0.2, -0.15) is 0 Å². The largest absolute Gasteiger partial charge is 0.324 e. The molecule has 1 aromatic carbocycles. The van der Waals surface area contributed by atoms with Gasteiger partial charge in [0.25, 0.3) is 0 Å². The Morgan fingerprint density at radius 1 is 1.31 bits per heavy atom. The molecule has 0 radical (unpaired) electrons. The zero-order valence-electron chi connectivity index (χ0n) is 10.3. The summed E-state index contributed by atoms with van der Waals surface area (Å²) >= 11 is 0. The average molecular weight is 218 g/mol. The highest BCUT2D eigenvalue weighted by Crippen LogP contribution is 2.30. The number of nitrogens with one attached hydrogen (secondary N) is 1.